The van der Waals surface area contributed by atoms with Crippen LogP contribution < -0.4 is 5.73 Å². The number of carboxylic acid groups (broad SMARTS) is 1. The maximum Gasteiger partial charge on any atom is 0.321 e. The zero-order valence-corrected chi connectivity index (χ0v) is 9.19. The first-order valence-electron chi connectivity index (χ1n) is 4.72. The monoisotopic (exact) mass is 229 g/mol. The van der Waals surface area contributed by atoms with Crippen molar-refractivity contribution in [1.82, 2.24) is 9.55 Å². The quantitative estimate of drug-likeness (QED) is 0.662. The number of nitrogens with two attached hydrogens (primary N) is 1. The first-order chi connectivity index (χ1) is 7.20. The second-order valence-corrected chi connectivity index (χ2v) is 4.32. The predicted molar refractivity (Wildman–Crippen MR) is 59.8 cm³/mol. The van der Waals surface area contributed by atoms with Gasteiger partial charge < -0.3 is 15.4 Å². The average molecular weight is 229 g/mol. The van der Waals surface area contributed by atoms with Crippen molar-refractivity contribution in [3.63, 3.8) is 0 Å². The second-order valence-electron chi connectivity index (χ2n) is 3.17. The third-order valence-corrected chi connectivity index (χ3v) is 3.05. The number of carbonyl (C=O) groups is 1. The molecule has 0 saturated heterocycles. The van der Waals surface area contributed by atoms with Gasteiger partial charge in [-0.1, -0.05) is 0 Å². The van der Waals surface area contributed by atoms with Gasteiger partial charge in [0.15, 0.2) is 0 Å². The number of aryl methyl sites for hydroxylation is 1. The topological polar surface area (TPSA) is 81.1 Å². The Bertz CT molecular complexity index is 290. The highest BCUT2D eigenvalue weighted by Crippen LogP contribution is 2.05. The van der Waals surface area contributed by atoms with Crippen LogP contribution in [0.3, 0.4) is 0 Å². The van der Waals surface area contributed by atoms with E-state index in [9.17, 15) is 4.79 Å². The van der Waals surface area contributed by atoms with Crippen LogP contribution in [0.25, 0.3) is 0 Å². The lowest BCUT2D eigenvalue weighted by atomic mass is 10.4. The molecule has 0 aromatic carbocycles. The highest BCUT2D eigenvalue weighted by Gasteiger charge is 2.10. The van der Waals surface area contributed by atoms with Gasteiger partial charge in [-0.2, -0.15) is 11.8 Å². The van der Waals surface area contributed by atoms with E-state index >= 15 is 0 Å². The summed E-state index contributed by atoms with van der Waals surface area (Å²) < 4.78 is 2.00. The molecular formula is C9H15N3O2S. The van der Waals surface area contributed by atoms with Crippen molar-refractivity contribution in [2.45, 2.75) is 19.0 Å². The van der Waals surface area contributed by atoms with Crippen molar-refractivity contribution >= 4 is 17.7 Å². The number of hydrogen-bond donors (Lipinski definition) is 2. The molecule has 0 aliphatic rings. The SMILES string of the molecule is N[C@@H](CSCCCn1ccnc1)C(=O)O. The number of rotatable bonds is 7. The van der Waals surface area contributed by atoms with Crippen molar-refractivity contribution < 1.29 is 9.90 Å². The van der Waals surface area contributed by atoms with E-state index in [1.807, 2.05) is 10.8 Å². The van der Waals surface area contributed by atoms with Crippen molar-refractivity contribution in [2.75, 3.05) is 11.5 Å². The summed E-state index contributed by atoms with van der Waals surface area (Å²) in [6.07, 6.45) is 6.42. The van der Waals surface area contributed by atoms with Gasteiger partial charge in [-0.3, -0.25) is 4.79 Å². The third-order valence-electron chi connectivity index (χ3n) is 1.88. The van der Waals surface area contributed by atoms with Crippen molar-refractivity contribution in [3.05, 3.63) is 18.7 Å². The minimum atomic E-state index is -0.933. The Morgan fingerprint density at radius 1 is 1.67 bits per heavy atom. The lowest BCUT2D eigenvalue weighted by molar-refractivity contribution is -0.137. The second kappa shape index (κ2) is 6.47. The maximum absolute atomic E-state index is 10.4. The summed E-state index contributed by atoms with van der Waals surface area (Å²) in [5, 5.41) is 8.54. The Hall–Kier alpha value is -1.01. The Labute approximate surface area is 92.7 Å². The van der Waals surface area contributed by atoms with Gasteiger partial charge in [0.1, 0.15) is 6.04 Å². The van der Waals surface area contributed by atoms with Gasteiger partial charge in [-0.15, -0.1) is 0 Å². The Morgan fingerprint density at radius 2 is 2.47 bits per heavy atom. The zero-order chi connectivity index (χ0) is 11.1. The molecule has 1 aromatic heterocycles. The van der Waals surface area contributed by atoms with E-state index in [-0.39, 0.29) is 0 Å². The number of carboxylic acids is 1. The molecular weight excluding hydrogens is 214 g/mol. The van der Waals surface area contributed by atoms with E-state index in [0.29, 0.717) is 5.75 Å². The van der Waals surface area contributed by atoms with Crippen LogP contribution in [0.5, 0.6) is 0 Å². The molecule has 84 valence electrons. The fourth-order valence-corrected chi connectivity index (χ4v) is 1.95. The van der Waals surface area contributed by atoms with Crippen molar-refractivity contribution in [2.24, 2.45) is 5.73 Å². The van der Waals surface area contributed by atoms with Crippen LogP contribution in [-0.4, -0.2) is 38.2 Å². The smallest absolute Gasteiger partial charge is 0.321 e. The number of aromatic nitrogens is 2. The highest BCUT2D eigenvalue weighted by molar-refractivity contribution is 7.99. The largest absolute Gasteiger partial charge is 0.480 e. The van der Waals surface area contributed by atoms with E-state index in [2.05, 4.69) is 4.98 Å². The first-order valence-corrected chi connectivity index (χ1v) is 5.87. The molecule has 0 saturated carbocycles. The molecule has 0 spiro atoms. The predicted octanol–water partition coefficient (Wildman–Crippen LogP) is 0.418. The molecule has 0 aliphatic heterocycles. The molecule has 1 heterocycles. The molecule has 0 amide bonds. The Morgan fingerprint density at radius 3 is 3.07 bits per heavy atom. The molecule has 3 N–H and O–H groups in total. The molecule has 0 aliphatic carbocycles. The molecule has 6 heteroatoms. The van der Waals surface area contributed by atoms with E-state index in [4.69, 9.17) is 10.8 Å². The number of hydrogen-bond acceptors (Lipinski definition) is 4. The molecule has 1 rings (SSSR count). The first kappa shape index (κ1) is 12.1. The third kappa shape index (κ3) is 4.85. The van der Waals surface area contributed by atoms with Gasteiger partial charge in [0.05, 0.1) is 6.33 Å². The standard InChI is InChI=1S/C9H15N3O2S/c10-8(9(13)14)6-15-5-1-3-12-4-2-11-7-12/h2,4,7-8H,1,3,5-6,10H2,(H,13,14)/t8-/m0/s1. The molecule has 0 unspecified atom stereocenters. The van der Waals surface area contributed by atoms with Crippen LogP contribution in [0, 0.1) is 0 Å². The summed E-state index contributed by atoms with van der Waals surface area (Å²) in [5.41, 5.74) is 5.36. The van der Waals surface area contributed by atoms with E-state index in [0.717, 1.165) is 18.7 Å². The molecule has 15 heavy (non-hydrogen) atoms. The normalized spacial score (nSPS) is 12.6. The van der Waals surface area contributed by atoms with Gasteiger partial charge in [0.2, 0.25) is 0 Å². The molecule has 1 atom stereocenters. The van der Waals surface area contributed by atoms with E-state index in [1.54, 1.807) is 24.3 Å². The van der Waals surface area contributed by atoms with Gasteiger partial charge >= 0.3 is 5.97 Å². The van der Waals surface area contributed by atoms with Crippen LogP contribution >= 0.6 is 11.8 Å². The maximum atomic E-state index is 10.4. The number of imidazole rings is 1. The Kier molecular flexibility index (Phi) is 5.20. The summed E-state index contributed by atoms with van der Waals surface area (Å²) in [4.78, 5) is 14.3. The summed E-state index contributed by atoms with van der Waals surface area (Å²) in [7, 11) is 0. The molecule has 0 fully saturated rings. The van der Waals surface area contributed by atoms with Crippen LogP contribution in [0.2, 0.25) is 0 Å². The van der Waals surface area contributed by atoms with Crippen molar-refractivity contribution in [1.29, 1.82) is 0 Å². The fraction of sp³-hybridized carbons (Fsp3) is 0.556. The number of thioether (sulfide) groups is 1. The lowest BCUT2D eigenvalue weighted by Gasteiger charge is -2.05. The van der Waals surface area contributed by atoms with E-state index in [1.165, 1.54) is 0 Å². The molecule has 0 bridgehead atoms. The highest BCUT2D eigenvalue weighted by atomic mass is 32.2. The fourth-order valence-electron chi connectivity index (χ4n) is 1.05. The summed E-state index contributed by atoms with van der Waals surface area (Å²) >= 11 is 1.57. The van der Waals surface area contributed by atoms with Gasteiger partial charge in [0, 0.05) is 24.7 Å². The summed E-state index contributed by atoms with van der Waals surface area (Å²) in [6.45, 7) is 0.912. The zero-order valence-electron chi connectivity index (χ0n) is 8.37. The van der Waals surface area contributed by atoms with Gasteiger partial charge in [-0.25, -0.2) is 4.98 Å². The molecule has 0 radical (unpaired) electrons. The summed E-state index contributed by atoms with van der Waals surface area (Å²) in [5.74, 6) is 0.454. The van der Waals surface area contributed by atoms with Gasteiger partial charge in [0.25, 0.3) is 0 Å². The minimum absolute atomic E-state index is 0.471. The minimum Gasteiger partial charge on any atom is -0.480 e. The van der Waals surface area contributed by atoms with Crippen LogP contribution in [0.4, 0.5) is 0 Å². The lowest BCUT2D eigenvalue weighted by Crippen LogP contribution is -2.32. The Balaban J connectivity index is 2.00. The van der Waals surface area contributed by atoms with E-state index < -0.39 is 12.0 Å². The van der Waals surface area contributed by atoms with Crippen LogP contribution in [-0.2, 0) is 11.3 Å². The average Bonchev–Trinajstić information content (AvgIpc) is 2.69. The molecule has 5 nitrogen and oxygen atoms in total. The summed E-state index contributed by atoms with van der Waals surface area (Å²) in [6, 6.07) is -0.747. The van der Waals surface area contributed by atoms with Crippen molar-refractivity contribution in [3.8, 4) is 0 Å². The van der Waals surface area contributed by atoms with Crippen LogP contribution in [0.15, 0.2) is 18.7 Å². The number of aliphatic carboxylic acids is 1. The number of nitrogens with zero attached hydrogens (tertiary/aromatic N) is 2. The van der Waals surface area contributed by atoms with Crippen LogP contribution in [0.1, 0.15) is 6.42 Å². The van der Waals surface area contributed by atoms with Gasteiger partial charge in [-0.05, 0) is 12.2 Å². The molecule has 1 aromatic rings.